The Morgan fingerprint density at radius 2 is 2.31 bits per heavy atom. The van der Waals surface area contributed by atoms with Gasteiger partial charge in [-0.1, -0.05) is 12.1 Å². The van der Waals surface area contributed by atoms with Gasteiger partial charge in [0.2, 0.25) is 0 Å². The van der Waals surface area contributed by atoms with Crippen molar-refractivity contribution in [3.05, 3.63) is 29.3 Å². The molecule has 0 spiro atoms. The summed E-state index contributed by atoms with van der Waals surface area (Å²) in [6.45, 7) is 1.24. The van der Waals surface area contributed by atoms with E-state index in [-0.39, 0.29) is 0 Å². The molecule has 2 aliphatic rings. The molecule has 0 saturated heterocycles. The highest BCUT2D eigenvalue weighted by atomic mass is 15.1. The fourth-order valence-corrected chi connectivity index (χ4v) is 2.92. The summed E-state index contributed by atoms with van der Waals surface area (Å²) in [7, 11) is 2.22. The van der Waals surface area contributed by atoms with Gasteiger partial charge in [-0.25, -0.2) is 0 Å². The van der Waals surface area contributed by atoms with E-state index in [4.69, 9.17) is 0 Å². The lowest BCUT2D eigenvalue weighted by Crippen LogP contribution is -2.15. The van der Waals surface area contributed by atoms with Crippen LogP contribution in [-0.4, -0.2) is 13.6 Å². The zero-order valence-electron chi connectivity index (χ0n) is 8.09. The monoisotopic (exact) mass is 173 g/mol. The minimum Gasteiger partial charge on any atom is -0.374 e. The van der Waals surface area contributed by atoms with Crippen molar-refractivity contribution in [2.24, 2.45) is 0 Å². The zero-order valence-corrected chi connectivity index (χ0v) is 8.09. The van der Waals surface area contributed by atoms with Crippen LogP contribution in [0.5, 0.6) is 0 Å². The lowest BCUT2D eigenvalue weighted by atomic mass is 9.84. The number of hydrogen-bond donors (Lipinski definition) is 0. The van der Waals surface area contributed by atoms with Crippen LogP contribution in [0.25, 0.3) is 0 Å². The van der Waals surface area contributed by atoms with Crippen molar-refractivity contribution in [1.82, 2.24) is 0 Å². The van der Waals surface area contributed by atoms with E-state index in [1.54, 1.807) is 11.1 Å². The Labute approximate surface area is 79.4 Å². The molecule has 1 aromatic carbocycles. The highest BCUT2D eigenvalue weighted by molar-refractivity contribution is 5.63. The predicted octanol–water partition coefficient (Wildman–Crippen LogP) is 2.56. The average Bonchev–Trinajstić information content (AvgIpc) is 2.47. The van der Waals surface area contributed by atoms with Gasteiger partial charge in [0.05, 0.1) is 0 Å². The maximum atomic E-state index is 2.41. The summed E-state index contributed by atoms with van der Waals surface area (Å²) in [5.41, 5.74) is 4.76. The lowest BCUT2D eigenvalue weighted by Gasteiger charge is -2.19. The summed E-state index contributed by atoms with van der Waals surface area (Å²) in [6, 6.07) is 6.78. The molecule has 0 fully saturated rings. The van der Waals surface area contributed by atoms with Crippen molar-refractivity contribution < 1.29 is 0 Å². The highest BCUT2D eigenvalue weighted by Gasteiger charge is 2.30. The van der Waals surface area contributed by atoms with Gasteiger partial charge in [0.25, 0.3) is 0 Å². The van der Waals surface area contributed by atoms with Crippen molar-refractivity contribution in [3.8, 4) is 0 Å². The molecule has 68 valence electrons. The lowest BCUT2D eigenvalue weighted by molar-refractivity contribution is 0.580. The summed E-state index contributed by atoms with van der Waals surface area (Å²) in [6.07, 6.45) is 4.08. The number of aryl methyl sites for hydroxylation is 1. The quantitative estimate of drug-likeness (QED) is 0.583. The van der Waals surface area contributed by atoms with E-state index in [9.17, 15) is 0 Å². The summed E-state index contributed by atoms with van der Waals surface area (Å²) in [4.78, 5) is 2.41. The third kappa shape index (κ3) is 0.932. The Bertz CT molecular complexity index is 343. The van der Waals surface area contributed by atoms with Crippen LogP contribution in [0.15, 0.2) is 18.2 Å². The number of nitrogens with zero attached hydrogens (tertiary/aromatic N) is 1. The van der Waals surface area contributed by atoms with Gasteiger partial charge in [-0.2, -0.15) is 0 Å². The van der Waals surface area contributed by atoms with Gasteiger partial charge < -0.3 is 4.90 Å². The third-order valence-electron chi connectivity index (χ3n) is 3.49. The van der Waals surface area contributed by atoms with Gasteiger partial charge in [-0.3, -0.25) is 0 Å². The van der Waals surface area contributed by atoms with Crippen LogP contribution < -0.4 is 4.90 Å². The highest BCUT2D eigenvalue weighted by Crippen LogP contribution is 2.43. The number of rotatable bonds is 0. The van der Waals surface area contributed by atoms with E-state index in [0.29, 0.717) is 0 Å². The number of benzene rings is 1. The summed E-state index contributed by atoms with van der Waals surface area (Å²) >= 11 is 0. The fraction of sp³-hybridized carbons (Fsp3) is 0.500. The van der Waals surface area contributed by atoms with Crippen LogP contribution >= 0.6 is 0 Å². The van der Waals surface area contributed by atoms with Gasteiger partial charge in [-0.15, -0.1) is 0 Å². The first-order valence-electron chi connectivity index (χ1n) is 5.19. The summed E-state index contributed by atoms with van der Waals surface area (Å²) in [5.74, 6) is 0.838. The molecule has 0 bridgehead atoms. The van der Waals surface area contributed by atoms with Crippen molar-refractivity contribution >= 4 is 5.69 Å². The maximum Gasteiger partial charge on any atom is 0.0402 e. The molecular weight excluding hydrogens is 158 g/mol. The fourth-order valence-electron chi connectivity index (χ4n) is 2.92. The minimum absolute atomic E-state index is 0.838. The topological polar surface area (TPSA) is 3.24 Å². The summed E-state index contributed by atoms with van der Waals surface area (Å²) in [5, 5.41) is 0. The van der Waals surface area contributed by atoms with Crippen LogP contribution in [0.1, 0.15) is 29.9 Å². The molecule has 1 heteroatoms. The Morgan fingerprint density at radius 3 is 3.23 bits per heavy atom. The first-order valence-corrected chi connectivity index (χ1v) is 5.19. The van der Waals surface area contributed by atoms with Crippen molar-refractivity contribution in [1.29, 1.82) is 0 Å². The van der Waals surface area contributed by atoms with E-state index in [0.717, 1.165) is 5.92 Å². The van der Waals surface area contributed by atoms with Gasteiger partial charge in [-0.05, 0) is 36.5 Å². The van der Waals surface area contributed by atoms with Gasteiger partial charge in [0, 0.05) is 25.2 Å². The summed E-state index contributed by atoms with van der Waals surface area (Å²) < 4.78 is 0. The van der Waals surface area contributed by atoms with E-state index in [1.165, 1.54) is 31.5 Å². The largest absolute Gasteiger partial charge is 0.374 e. The van der Waals surface area contributed by atoms with Crippen LogP contribution in [0.2, 0.25) is 0 Å². The molecule has 3 rings (SSSR count). The smallest absolute Gasteiger partial charge is 0.0402 e. The molecule has 1 heterocycles. The molecule has 0 amide bonds. The van der Waals surface area contributed by atoms with E-state index in [2.05, 4.69) is 30.1 Å². The van der Waals surface area contributed by atoms with Gasteiger partial charge in [0.1, 0.15) is 0 Å². The first kappa shape index (κ1) is 7.43. The zero-order chi connectivity index (χ0) is 8.84. The molecule has 0 radical (unpaired) electrons. The minimum atomic E-state index is 0.838. The SMILES string of the molecule is CN1CC2CCCc3cccc1c32. The number of hydrogen-bond acceptors (Lipinski definition) is 1. The predicted molar refractivity (Wildman–Crippen MR) is 55.4 cm³/mol. The van der Waals surface area contributed by atoms with E-state index in [1.807, 2.05) is 0 Å². The van der Waals surface area contributed by atoms with E-state index >= 15 is 0 Å². The second-order valence-corrected chi connectivity index (χ2v) is 4.32. The number of likely N-dealkylation sites (N-methyl/N-ethyl adjacent to an activating group) is 1. The molecular formula is C12H15N. The van der Waals surface area contributed by atoms with Crippen molar-refractivity contribution in [3.63, 3.8) is 0 Å². The maximum absolute atomic E-state index is 2.41. The van der Waals surface area contributed by atoms with Crippen molar-refractivity contribution in [2.75, 3.05) is 18.5 Å². The molecule has 1 nitrogen and oxygen atoms in total. The molecule has 1 aliphatic carbocycles. The molecule has 1 aromatic rings. The second kappa shape index (κ2) is 2.50. The second-order valence-electron chi connectivity index (χ2n) is 4.32. The van der Waals surface area contributed by atoms with Gasteiger partial charge in [0.15, 0.2) is 0 Å². The number of anilines is 1. The molecule has 0 aromatic heterocycles. The Kier molecular flexibility index (Phi) is 1.43. The average molecular weight is 173 g/mol. The normalized spacial score (nSPS) is 24.7. The standard InChI is InChI=1S/C12H15N/c1-13-8-10-6-2-4-9-5-3-7-11(13)12(9)10/h3,5,7,10H,2,4,6,8H2,1H3. The third-order valence-corrected chi connectivity index (χ3v) is 3.49. The first-order chi connectivity index (χ1) is 6.36. The Balaban J connectivity index is 2.22. The molecule has 1 atom stereocenters. The Hall–Kier alpha value is -0.980. The molecule has 13 heavy (non-hydrogen) atoms. The molecule has 0 saturated carbocycles. The molecule has 1 aliphatic heterocycles. The van der Waals surface area contributed by atoms with Gasteiger partial charge >= 0.3 is 0 Å². The molecule has 1 unspecified atom stereocenters. The van der Waals surface area contributed by atoms with Crippen molar-refractivity contribution in [2.45, 2.75) is 25.2 Å². The van der Waals surface area contributed by atoms with Crippen LogP contribution in [0.3, 0.4) is 0 Å². The Morgan fingerprint density at radius 1 is 1.38 bits per heavy atom. The van der Waals surface area contributed by atoms with E-state index < -0.39 is 0 Å². The van der Waals surface area contributed by atoms with Crippen LogP contribution in [0, 0.1) is 0 Å². The van der Waals surface area contributed by atoms with Crippen LogP contribution in [-0.2, 0) is 6.42 Å². The van der Waals surface area contributed by atoms with Crippen LogP contribution in [0.4, 0.5) is 5.69 Å². The molecule has 0 N–H and O–H groups in total.